The van der Waals surface area contributed by atoms with Gasteiger partial charge in [-0.2, -0.15) is 0 Å². The maximum absolute atomic E-state index is 5.62. The van der Waals surface area contributed by atoms with E-state index < -0.39 is 0 Å². The molecule has 1 heteroatoms. The van der Waals surface area contributed by atoms with Crippen LogP contribution in [-0.4, -0.2) is 12.7 Å². The summed E-state index contributed by atoms with van der Waals surface area (Å²) in [6.45, 7) is 5.29. The first-order valence-corrected chi connectivity index (χ1v) is 4.88. The van der Waals surface area contributed by atoms with Gasteiger partial charge in [-0.05, 0) is 18.9 Å². The van der Waals surface area contributed by atoms with Crippen LogP contribution in [0.1, 0.15) is 25.8 Å². The first kappa shape index (κ1) is 8.76. The molecule has 0 aromatic heterocycles. The van der Waals surface area contributed by atoms with Crippen LogP contribution in [0.3, 0.4) is 0 Å². The SMILES string of the molecule is CC1C[C@](C)(c2ccccc2)CO1. The van der Waals surface area contributed by atoms with Crippen LogP contribution in [0.2, 0.25) is 0 Å². The third-order valence-electron chi connectivity index (χ3n) is 2.90. The minimum atomic E-state index is 0.237. The molecule has 1 unspecified atom stereocenters. The molecule has 1 nitrogen and oxygen atoms in total. The summed E-state index contributed by atoms with van der Waals surface area (Å²) in [5, 5.41) is 0. The van der Waals surface area contributed by atoms with E-state index in [-0.39, 0.29) is 5.41 Å². The Hall–Kier alpha value is -0.820. The zero-order valence-electron chi connectivity index (χ0n) is 8.29. The van der Waals surface area contributed by atoms with E-state index in [0.29, 0.717) is 6.10 Å². The van der Waals surface area contributed by atoms with E-state index in [1.165, 1.54) is 5.56 Å². The Morgan fingerprint density at radius 3 is 2.54 bits per heavy atom. The van der Waals surface area contributed by atoms with Gasteiger partial charge in [-0.25, -0.2) is 0 Å². The fraction of sp³-hybridized carbons (Fsp3) is 0.500. The van der Waals surface area contributed by atoms with Crippen molar-refractivity contribution in [2.45, 2.75) is 31.8 Å². The molecule has 1 fully saturated rings. The molecule has 0 bridgehead atoms. The summed E-state index contributed by atoms with van der Waals surface area (Å²) in [7, 11) is 0. The van der Waals surface area contributed by atoms with Crippen molar-refractivity contribution in [3.8, 4) is 0 Å². The second-order valence-electron chi connectivity index (χ2n) is 4.25. The van der Waals surface area contributed by atoms with Crippen molar-refractivity contribution in [1.82, 2.24) is 0 Å². The summed E-state index contributed by atoms with van der Waals surface area (Å²) in [4.78, 5) is 0. The molecule has 0 spiro atoms. The molecule has 1 aliphatic heterocycles. The van der Waals surface area contributed by atoms with Gasteiger partial charge in [-0.1, -0.05) is 37.3 Å². The summed E-state index contributed by atoms with van der Waals surface area (Å²) in [5.41, 5.74) is 1.64. The van der Waals surface area contributed by atoms with Gasteiger partial charge in [0.25, 0.3) is 0 Å². The Morgan fingerprint density at radius 1 is 1.31 bits per heavy atom. The van der Waals surface area contributed by atoms with Gasteiger partial charge < -0.3 is 4.74 Å². The van der Waals surface area contributed by atoms with Crippen LogP contribution in [0.15, 0.2) is 30.3 Å². The molecule has 0 aliphatic carbocycles. The minimum Gasteiger partial charge on any atom is -0.378 e. The molecule has 0 radical (unpaired) electrons. The molecule has 0 amide bonds. The van der Waals surface area contributed by atoms with Crippen LogP contribution in [-0.2, 0) is 10.2 Å². The smallest absolute Gasteiger partial charge is 0.0564 e. The van der Waals surface area contributed by atoms with Crippen molar-refractivity contribution in [2.75, 3.05) is 6.61 Å². The lowest BCUT2D eigenvalue weighted by Crippen LogP contribution is -2.21. The van der Waals surface area contributed by atoms with Gasteiger partial charge in [0.2, 0.25) is 0 Å². The van der Waals surface area contributed by atoms with Gasteiger partial charge in [0.1, 0.15) is 0 Å². The Bertz CT molecular complexity index is 280. The zero-order chi connectivity index (χ0) is 9.31. The fourth-order valence-corrected chi connectivity index (χ4v) is 2.12. The van der Waals surface area contributed by atoms with E-state index in [1.54, 1.807) is 0 Å². The van der Waals surface area contributed by atoms with Gasteiger partial charge >= 0.3 is 0 Å². The average molecular weight is 176 g/mol. The third kappa shape index (κ3) is 1.61. The van der Waals surface area contributed by atoms with Gasteiger partial charge in [-0.3, -0.25) is 0 Å². The Morgan fingerprint density at radius 2 is 2.00 bits per heavy atom. The first-order chi connectivity index (χ1) is 6.21. The largest absolute Gasteiger partial charge is 0.378 e. The Balaban J connectivity index is 2.26. The molecule has 0 N–H and O–H groups in total. The topological polar surface area (TPSA) is 9.23 Å². The summed E-state index contributed by atoms with van der Waals surface area (Å²) in [5.74, 6) is 0. The lowest BCUT2D eigenvalue weighted by Gasteiger charge is -2.22. The highest BCUT2D eigenvalue weighted by atomic mass is 16.5. The van der Waals surface area contributed by atoms with E-state index in [9.17, 15) is 0 Å². The quantitative estimate of drug-likeness (QED) is 0.639. The van der Waals surface area contributed by atoms with Crippen molar-refractivity contribution in [3.63, 3.8) is 0 Å². The van der Waals surface area contributed by atoms with Crippen LogP contribution in [0, 0.1) is 0 Å². The monoisotopic (exact) mass is 176 g/mol. The summed E-state index contributed by atoms with van der Waals surface area (Å²) >= 11 is 0. The second kappa shape index (κ2) is 3.15. The van der Waals surface area contributed by atoms with Crippen LogP contribution in [0.4, 0.5) is 0 Å². The number of ether oxygens (including phenoxy) is 1. The molecule has 1 aliphatic rings. The minimum absolute atomic E-state index is 0.237. The average Bonchev–Trinajstić information content (AvgIpc) is 2.49. The summed E-state index contributed by atoms with van der Waals surface area (Å²) in [6, 6.07) is 10.7. The van der Waals surface area contributed by atoms with Gasteiger partial charge in [-0.15, -0.1) is 0 Å². The zero-order valence-corrected chi connectivity index (χ0v) is 8.29. The predicted molar refractivity (Wildman–Crippen MR) is 53.8 cm³/mol. The standard InChI is InChI=1S/C12H16O/c1-10-8-12(2,9-13-10)11-6-4-3-5-7-11/h3-7,10H,8-9H2,1-2H3/t10?,12-/m0/s1. The molecular weight excluding hydrogens is 160 g/mol. The third-order valence-corrected chi connectivity index (χ3v) is 2.90. The molecule has 0 saturated carbocycles. The molecule has 70 valence electrons. The van der Waals surface area contributed by atoms with Crippen molar-refractivity contribution in [2.24, 2.45) is 0 Å². The highest BCUT2D eigenvalue weighted by Crippen LogP contribution is 2.35. The Labute approximate surface area is 79.7 Å². The van der Waals surface area contributed by atoms with Crippen LogP contribution in [0.5, 0.6) is 0 Å². The second-order valence-corrected chi connectivity index (χ2v) is 4.25. The lowest BCUT2D eigenvalue weighted by molar-refractivity contribution is 0.118. The molecule has 13 heavy (non-hydrogen) atoms. The Kier molecular flexibility index (Phi) is 2.12. The van der Waals surface area contributed by atoms with Gasteiger partial charge in [0.05, 0.1) is 12.7 Å². The molecule has 1 aromatic rings. The number of hydrogen-bond donors (Lipinski definition) is 0. The van der Waals surface area contributed by atoms with E-state index in [0.717, 1.165) is 13.0 Å². The molecule has 2 rings (SSSR count). The molecule has 2 atom stereocenters. The molecule has 1 saturated heterocycles. The fourth-order valence-electron chi connectivity index (χ4n) is 2.12. The van der Waals surface area contributed by atoms with E-state index in [4.69, 9.17) is 4.74 Å². The number of benzene rings is 1. The maximum Gasteiger partial charge on any atom is 0.0564 e. The van der Waals surface area contributed by atoms with Crippen molar-refractivity contribution in [1.29, 1.82) is 0 Å². The van der Waals surface area contributed by atoms with E-state index in [2.05, 4.69) is 44.2 Å². The van der Waals surface area contributed by atoms with Crippen molar-refractivity contribution < 1.29 is 4.74 Å². The first-order valence-electron chi connectivity index (χ1n) is 4.88. The van der Waals surface area contributed by atoms with E-state index in [1.807, 2.05) is 0 Å². The molecular formula is C12H16O. The van der Waals surface area contributed by atoms with Crippen LogP contribution in [0.25, 0.3) is 0 Å². The van der Waals surface area contributed by atoms with Crippen LogP contribution < -0.4 is 0 Å². The predicted octanol–water partition coefficient (Wildman–Crippen LogP) is 2.75. The lowest BCUT2D eigenvalue weighted by atomic mass is 9.81. The summed E-state index contributed by atoms with van der Waals surface area (Å²) < 4.78 is 5.62. The maximum atomic E-state index is 5.62. The van der Waals surface area contributed by atoms with Crippen LogP contribution >= 0.6 is 0 Å². The highest BCUT2D eigenvalue weighted by molar-refractivity contribution is 5.25. The van der Waals surface area contributed by atoms with Crippen molar-refractivity contribution >= 4 is 0 Å². The molecule has 1 heterocycles. The van der Waals surface area contributed by atoms with Gasteiger partial charge in [0, 0.05) is 5.41 Å². The van der Waals surface area contributed by atoms with E-state index >= 15 is 0 Å². The van der Waals surface area contributed by atoms with Crippen molar-refractivity contribution in [3.05, 3.63) is 35.9 Å². The number of hydrogen-bond acceptors (Lipinski definition) is 1. The normalized spacial score (nSPS) is 33.5. The highest BCUT2D eigenvalue weighted by Gasteiger charge is 2.35. The summed E-state index contributed by atoms with van der Waals surface area (Å²) in [6.07, 6.45) is 1.54. The molecule has 1 aromatic carbocycles. The van der Waals surface area contributed by atoms with Gasteiger partial charge in [0.15, 0.2) is 0 Å². The number of rotatable bonds is 1.